The average Bonchev–Trinajstić information content (AvgIpc) is 3.03. The molecule has 2 aromatic carbocycles. The molecule has 0 aliphatic carbocycles. The van der Waals surface area contributed by atoms with Crippen molar-refractivity contribution >= 4 is 43.8 Å². The number of nitrogens with zero attached hydrogens (tertiary/aromatic N) is 2. The lowest BCUT2D eigenvalue weighted by atomic mass is 10.2. The van der Waals surface area contributed by atoms with E-state index in [-0.39, 0.29) is 10.9 Å². The van der Waals surface area contributed by atoms with Crippen molar-refractivity contribution in [2.24, 2.45) is 0 Å². The molecule has 1 N–H and O–H groups in total. The van der Waals surface area contributed by atoms with Crippen LogP contribution in [0.1, 0.15) is 16.1 Å². The number of rotatable bonds is 7. The van der Waals surface area contributed by atoms with Crippen LogP contribution in [0, 0.1) is 0 Å². The van der Waals surface area contributed by atoms with E-state index in [1.807, 2.05) is 30.3 Å². The van der Waals surface area contributed by atoms with Crippen LogP contribution in [0.25, 0.3) is 0 Å². The van der Waals surface area contributed by atoms with Crippen molar-refractivity contribution < 1.29 is 13.2 Å². The highest BCUT2D eigenvalue weighted by Gasteiger charge is 2.19. The van der Waals surface area contributed by atoms with Gasteiger partial charge in [-0.1, -0.05) is 65.4 Å². The van der Waals surface area contributed by atoms with E-state index in [0.29, 0.717) is 17.0 Å². The fourth-order valence-corrected chi connectivity index (χ4v) is 4.58. The van der Waals surface area contributed by atoms with Gasteiger partial charge in [-0.25, -0.2) is 8.42 Å². The molecule has 0 saturated heterocycles. The Hall–Kier alpha value is -2.29. The lowest BCUT2D eigenvalue weighted by Gasteiger charge is -2.04. The number of carbonyl (C=O) groups is 1. The molecule has 3 rings (SSSR count). The summed E-state index contributed by atoms with van der Waals surface area (Å²) in [4.78, 5) is 12.1. The van der Waals surface area contributed by atoms with Gasteiger partial charge in [-0.2, -0.15) is 0 Å². The molecule has 0 aliphatic heterocycles. The molecule has 3 aromatic rings. The number of anilines is 1. The highest BCUT2D eigenvalue weighted by Crippen LogP contribution is 2.19. The zero-order valence-corrected chi connectivity index (χ0v) is 16.5. The van der Waals surface area contributed by atoms with Crippen molar-refractivity contribution in [2.75, 3.05) is 11.1 Å². The minimum atomic E-state index is -3.61. The van der Waals surface area contributed by atoms with Gasteiger partial charge in [0.15, 0.2) is 9.84 Å². The Morgan fingerprint density at radius 2 is 1.70 bits per heavy atom. The summed E-state index contributed by atoms with van der Waals surface area (Å²) in [7, 11) is -3.61. The summed E-state index contributed by atoms with van der Waals surface area (Å²) in [5.74, 6) is -1.48. The minimum Gasteiger partial charge on any atom is -0.300 e. The maximum atomic E-state index is 12.2. The second-order valence-electron chi connectivity index (χ2n) is 5.87. The highest BCUT2D eigenvalue weighted by molar-refractivity contribution is 7.91. The SMILES string of the molecule is O=C(CS(=O)(=O)Cc1ccc(Cl)cc1)Nc1nnc(Cc2ccccc2)s1. The monoisotopic (exact) mass is 421 g/mol. The van der Waals surface area contributed by atoms with Crippen LogP contribution in [0.5, 0.6) is 0 Å². The topological polar surface area (TPSA) is 89.0 Å². The molecule has 1 amide bonds. The summed E-state index contributed by atoms with van der Waals surface area (Å²) in [6.45, 7) is 0. The minimum absolute atomic E-state index is 0.229. The fourth-order valence-electron chi connectivity index (χ4n) is 2.39. The predicted octanol–water partition coefficient (Wildman–Crippen LogP) is 3.34. The molecule has 0 fully saturated rings. The number of halogens is 1. The van der Waals surface area contributed by atoms with Crippen LogP contribution in [-0.2, 0) is 26.8 Å². The van der Waals surface area contributed by atoms with Gasteiger partial charge >= 0.3 is 0 Å². The smallest absolute Gasteiger partial charge is 0.241 e. The summed E-state index contributed by atoms with van der Waals surface area (Å²) in [5, 5.41) is 12.0. The van der Waals surface area contributed by atoms with E-state index < -0.39 is 21.5 Å². The van der Waals surface area contributed by atoms with Gasteiger partial charge in [-0.15, -0.1) is 10.2 Å². The van der Waals surface area contributed by atoms with Gasteiger partial charge in [0.05, 0.1) is 5.75 Å². The number of nitrogens with one attached hydrogen (secondary N) is 1. The third-order valence-corrected chi connectivity index (χ3v) is 6.13. The van der Waals surface area contributed by atoms with Crippen LogP contribution >= 0.6 is 22.9 Å². The lowest BCUT2D eigenvalue weighted by molar-refractivity contribution is -0.113. The molecule has 0 saturated carbocycles. The summed E-state index contributed by atoms with van der Waals surface area (Å²) in [6.07, 6.45) is 0.600. The second-order valence-corrected chi connectivity index (χ2v) is 9.43. The number of hydrogen-bond acceptors (Lipinski definition) is 6. The number of benzene rings is 2. The molecule has 1 heterocycles. The second kappa shape index (κ2) is 8.60. The van der Waals surface area contributed by atoms with Crippen LogP contribution in [0.15, 0.2) is 54.6 Å². The van der Waals surface area contributed by atoms with Gasteiger partial charge in [0.1, 0.15) is 10.8 Å². The van der Waals surface area contributed by atoms with E-state index in [0.717, 1.165) is 10.6 Å². The zero-order valence-electron chi connectivity index (χ0n) is 14.1. The first kappa shape index (κ1) is 19.5. The first-order chi connectivity index (χ1) is 12.9. The largest absolute Gasteiger partial charge is 0.300 e. The number of carbonyl (C=O) groups excluding carboxylic acids is 1. The normalized spacial score (nSPS) is 11.3. The van der Waals surface area contributed by atoms with Crippen molar-refractivity contribution in [3.05, 3.63) is 75.8 Å². The van der Waals surface area contributed by atoms with Crippen LogP contribution in [0.4, 0.5) is 5.13 Å². The Morgan fingerprint density at radius 3 is 2.41 bits per heavy atom. The van der Waals surface area contributed by atoms with E-state index >= 15 is 0 Å². The Balaban J connectivity index is 1.56. The summed E-state index contributed by atoms with van der Waals surface area (Å²) >= 11 is 7.01. The van der Waals surface area contributed by atoms with Crippen LogP contribution in [0.2, 0.25) is 5.02 Å². The highest BCUT2D eigenvalue weighted by atomic mass is 35.5. The molecule has 27 heavy (non-hydrogen) atoms. The first-order valence-electron chi connectivity index (χ1n) is 8.01. The molecule has 1 aromatic heterocycles. The molecule has 0 radical (unpaired) electrons. The molecule has 0 aliphatic rings. The standard InChI is InChI=1S/C18H16ClN3O3S2/c19-15-8-6-14(7-9-15)11-27(24,25)12-16(23)20-18-22-21-17(26-18)10-13-4-2-1-3-5-13/h1-9H,10-12H2,(H,20,22,23). The summed E-state index contributed by atoms with van der Waals surface area (Å²) in [6, 6.07) is 16.2. The van der Waals surface area contributed by atoms with Gasteiger partial charge in [0.2, 0.25) is 11.0 Å². The first-order valence-corrected chi connectivity index (χ1v) is 11.0. The Morgan fingerprint density at radius 1 is 1.00 bits per heavy atom. The quantitative estimate of drug-likeness (QED) is 0.632. The molecular formula is C18H16ClN3O3S2. The van der Waals surface area contributed by atoms with Crippen molar-refractivity contribution in [1.82, 2.24) is 10.2 Å². The molecule has 0 atom stereocenters. The number of aromatic nitrogens is 2. The van der Waals surface area contributed by atoms with Crippen molar-refractivity contribution in [2.45, 2.75) is 12.2 Å². The zero-order chi connectivity index (χ0) is 19.3. The molecule has 0 spiro atoms. The van der Waals surface area contributed by atoms with Gasteiger partial charge in [0, 0.05) is 11.4 Å². The molecule has 0 unspecified atom stereocenters. The van der Waals surface area contributed by atoms with Crippen molar-refractivity contribution in [3.8, 4) is 0 Å². The van der Waals surface area contributed by atoms with Gasteiger partial charge in [-0.05, 0) is 23.3 Å². The van der Waals surface area contributed by atoms with Crippen LogP contribution < -0.4 is 5.32 Å². The molecule has 140 valence electrons. The number of amides is 1. The number of sulfone groups is 1. The average molecular weight is 422 g/mol. The summed E-state index contributed by atoms with van der Waals surface area (Å²) in [5.41, 5.74) is 1.66. The van der Waals surface area contributed by atoms with Crippen LogP contribution in [-0.4, -0.2) is 30.3 Å². The van der Waals surface area contributed by atoms with Crippen molar-refractivity contribution in [3.63, 3.8) is 0 Å². The van der Waals surface area contributed by atoms with E-state index in [1.165, 1.54) is 11.3 Å². The van der Waals surface area contributed by atoms with E-state index in [4.69, 9.17) is 11.6 Å². The Kier molecular flexibility index (Phi) is 6.20. The summed E-state index contributed by atoms with van der Waals surface area (Å²) < 4.78 is 24.4. The Labute approximate surface area is 166 Å². The molecule has 0 bridgehead atoms. The molecular weight excluding hydrogens is 406 g/mol. The van der Waals surface area contributed by atoms with Gasteiger partial charge < -0.3 is 0 Å². The van der Waals surface area contributed by atoms with Gasteiger partial charge in [0.25, 0.3) is 0 Å². The lowest BCUT2D eigenvalue weighted by Crippen LogP contribution is -2.23. The third-order valence-electron chi connectivity index (χ3n) is 3.56. The van der Waals surface area contributed by atoms with Crippen LogP contribution in [0.3, 0.4) is 0 Å². The maximum Gasteiger partial charge on any atom is 0.241 e. The number of hydrogen-bond donors (Lipinski definition) is 1. The van der Waals surface area contributed by atoms with Gasteiger partial charge in [-0.3, -0.25) is 10.1 Å². The predicted molar refractivity (Wildman–Crippen MR) is 107 cm³/mol. The fraction of sp³-hybridized carbons (Fsp3) is 0.167. The molecule has 6 nitrogen and oxygen atoms in total. The van der Waals surface area contributed by atoms with E-state index in [1.54, 1.807) is 24.3 Å². The van der Waals surface area contributed by atoms with E-state index in [2.05, 4.69) is 15.5 Å². The third kappa shape index (κ3) is 6.13. The van der Waals surface area contributed by atoms with Crippen molar-refractivity contribution in [1.29, 1.82) is 0 Å². The molecule has 9 heteroatoms. The Bertz CT molecular complexity index is 1020. The van der Waals surface area contributed by atoms with E-state index in [9.17, 15) is 13.2 Å². The maximum absolute atomic E-state index is 12.2.